The Morgan fingerprint density at radius 1 is 1.44 bits per heavy atom. The second-order valence-electron chi connectivity index (χ2n) is 2.93. The molecule has 0 aliphatic carbocycles. The van der Waals surface area contributed by atoms with Gasteiger partial charge in [-0.3, -0.25) is 4.79 Å². The lowest BCUT2D eigenvalue weighted by Crippen LogP contribution is -2.22. The summed E-state index contributed by atoms with van der Waals surface area (Å²) in [6.45, 7) is 0. The van der Waals surface area contributed by atoms with Crippen LogP contribution in [0.4, 0.5) is 0 Å². The summed E-state index contributed by atoms with van der Waals surface area (Å²) >= 11 is 0. The van der Waals surface area contributed by atoms with E-state index in [1.54, 1.807) is 6.07 Å². The van der Waals surface area contributed by atoms with Gasteiger partial charge in [-0.1, -0.05) is 0 Å². The maximum atomic E-state index is 11.1. The number of benzene rings is 1. The minimum Gasteiger partial charge on any atom is -0.507 e. The Morgan fingerprint density at radius 2 is 2.06 bits per heavy atom. The highest BCUT2D eigenvalue weighted by Gasteiger charge is 2.19. The normalized spacial score (nSPS) is 11.2. The van der Waals surface area contributed by atoms with Gasteiger partial charge in [0, 0.05) is 11.6 Å². The van der Waals surface area contributed by atoms with Crippen LogP contribution < -0.4 is 10.5 Å². The van der Waals surface area contributed by atoms with E-state index in [1.807, 2.05) is 0 Å². The van der Waals surface area contributed by atoms with Gasteiger partial charge in [-0.05, 0) is 12.1 Å². The van der Waals surface area contributed by atoms with E-state index >= 15 is 0 Å². The van der Waals surface area contributed by atoms with Crippen molar-refractivity contribution in [3.05, 3.63) is 23.8 Å². The quantitative estimate of drug-likeness (QED) is 0.779. The fourth-order valence-corrected chi connectivity index (χ4v) is 1.17. The highest BCUT2D eigenvalue weighted by Crippen LogP contribution is 2.27. The predicted octanol–water partition coefficient (Wildman–Crippen LogP) is 0.995. The number of nitrogens with two attached hydrogens (primary N) is 1. The first-order valence-electron chi connectivity index (χ1n) is 4.30. The molecule has 0 aliphatic heterocycles. The molecule has 0 saturated heterocycles. The number of esters is 1. The molecule has 0 aromatic heterocycles. The number of phenols is 1. The van der Waals surface area contributed by atoms with Crippen LogP contribution in [0, 0.1) is 0 Å². The van der Waals surface area contributed by atoms with Gasteiger partial charge in [0.1, 0.15) is 17.5 Å². The van der Waals surface area contributed by atoms with E-state index in [0.29, 0.717) is 11.3 Å². The van der Waals surface area contributed by atoms with E-state index < -0.39 is 12.0 Å². The molecule has 0 bridgehead atoms. The summed E-state index contributed by atoms with van der Waals surface area (Å²) in [6.07, 6.45) is 0. The van der Waals surface area contributed by atoms with Crippen molar-refractivity contribution in [2.75, 3.05) is 14.2 Å². The molecule has 0 amide bonds. The van der Waals surface area contributed by atoms with Crippen molar-refractivity contribution in [2.24, 2.45) is 5.73 Å². The summed E-state index contributed by atoms with van der Waals surface area (Å²) in [5.41, 5.74) is 5.87. The van der Waals surface area contributed by atoms with Crippen LogP contribution in [-0.2, 0) is 9.53 Å². The van der Waals surface area contributed by atoms with Crippen LogP contribution >= 0.6 is 12.4 Å². The maximum absolute atomic E-state index is 11.1. The molecule has 6 heteroatoms. The Labute approximate surface area is 99.6 Å². The molecule has 0 heterocycles. The minimum atomic E-state index is -0.985. The van der Waals surface area contributed by atoms with Gasteiger partial charge < -0.3 is 20.3 Å². The monoisotopic (exact) mass is 247 g/mol. The van der Waals surface area contributed by atoms with E-state index in [1.165, 1.54) is 26.4 Å². The Bertz CT molecular complexity index is 370. The summed E-state index contributed by atoms with van der Waals surface area (Å²) in [4.78, 5) is 11.1. The third kappa shape index (κ3) is 3.01. The van der Waals surface area contributed by atoms with Gasteiger partial charge in [0.05, 0.1) is 14.2 Å². The number of phenolic OH excluding ortho intramolecular Hbond substituents is 1. The second kappa shape index (κ2) is 6.19. The van der Waals surface area contributed by atoms with Gasteiger partial charge >= 0.3 is 5.97 Å². The molecule has 1 rings (SSSR count). The zero-order valence-corrected chi connectivity index (χ0v) is 9.78. The van der Waals surface area contributed by atoms with Gasteiger partial charge in [0.2, 0.25) is 0 Å². The van der Waals surface area contributed by atoms with Gasteiger partial charge in [-0.2, -0.15) is 0 Å². The summed E-state index contributed by atoms with van der Waals surface area (Å²) in [7, 11) is 2.72. The van der Waals surface area contributed by atoms with Crippen molar-refractivity contribution in [3.8, 4) is 11.5 Å². The van der Waals surface area contributed by atoms with Crippen LogP contribution in [0.25, 0.3) is 0 Å². The van der Waals surface area contributed by atoms with Gasteiger partial charge in [-0.25, -0.2) is 0 Å². The standard InChI is InChI=1S/C10H13NO4.ClH/c1-14-6-3-4-7(8(12)5-6)9(11)10(13)15-2;/h3-5,9,12H,11H2,1-2H3;1H/t9-;/m0./s1. The Kier molecular flexibility index (Phi) is 5.63. The molecule has 0 spiro atoms. The Balaban J connectivity index is 0.00000225. The lowest BCUT2D eigenvalue weighted by atomic mass is 10.1. The number of carbonyl (C=O) groups is 1. The molecular formula is C10H14ClNO4. The first-order chi connectivity index (χ1) is 7.10. The molecule has 0 saturated carbocycles. The summed E-state index contributed by atoms with van der Waals surface area (Å²) in [6, 6.07) is 3.53. The van der Waals surface area contributed by atoms with Gasteiger partial charge in [-0.15, -0.1) is 12.4 Å². The SMILES string of the molecule is COC(=O)[C@@H](N)c1ccc(OC)cc1O.Cl. The van der Waals surface area contributed by atoms with Crippen molar-refractivity contribution in [2.45, 2.75) is 6.04 Å². The largest absolute Gasteiger partial charge is 0.507 e. The molecule has 1 aromatic carbocycles. The number of aromatic hydroxyl groups is 1. The second-order valence-corrected chi connectivity index (χ2v) is 2.93. The van der Waals surface area contributed by atoms with Crippen LogP contribution in [0.5, 0.6) is 11.5 Å². The van der Waals surface area contributed by atoms with Crippen LogP contribution in [-0.4, -0.2) is 25.3 Å². The number of ether oxygens (including phenoxy) is 2. The van der Waals surface area contributed by atoms with E-state index in [2.05, 4.69) is 4.74 Å². The molecule has 0 radical (unpaired) electrons. The van der Waals surface area contributed by atoms with Gasteiger partial charge in [0.15, 0.2) is 0 Å². The molecule has 5 nitrogen and oxygen atoms in total. The molecule has 1 atom stereocenters. The van der Waals surface area contributed by atoms with E-state index in [4.69, 9.17) is 10.5 Å². The molecule has 16 heavy (non-hydrogen) atoms. The van der Waals surface area contributed by atoms with Crippen molar-refractivity contribution >= 4 is 18.4 Å². The number of rotatable bonds is 3. The first-order valence-corrected chi connectivity index (χ1v) is 4.30. The van der Waals surface area contributed by atoms with Crippen molar-refractivity contribution < 1.29 is 19.4 Å². The van der Waals surface area contributed by atoms with E-state index in [-0.39, 0.29) is 18.2 Å². The Hall–Kier alpha value is -1.46. The fraction of sp³-hybridized carbons (Fsp3) is 0.300. The highest BCUT2D eigenvalue weighted by molar-refractivity contribution is 5.85. The van der Waals surface area contributed by atoms with Crippen LogP contribution in [0.15, 0.2) is 18.2 Å². The number of carbonyl (C=O) groups excluding carboxylic acids is 1. The van der Waals surface area contributed by atoms with Gasteiger partial charge in [0.25, 0.3) is 0 Å². The van der Waals surface area contributed by atoms with Crippen molar-refractivity contribution in [1.82, 2.24) is 0 Å². The Morgan fingerprint density at radius 3 is 2.50 bits per heavy atom. The summed E-state index contributed by atoms with van der Waals surface area (Å²) in [5.74, 6) is -0.198. The number of hydrogen-bond donors (Lipinski definition) is 2. The molecule has 3 N–H and O–H groups in total. The molecule has 0 aliphatic rings. The van der Waals surface area contributed by atoms with Crippen molar-refractivity contribution in [3.63, 3.8) is 0 Å². The average molecular weight is 248 g/mol. The lowest BCUT2D eigenvalue weighted by molar-refractivity contribution is -0.142. The summed E-state index contributed by atoms with van der Waals surface area (Å²) < 4.78 is 9.37. The lowest BCUT2D eigenvalue weighted by Gasteiger charge is -2.12. The summed E-state index contributed by atoms with van der Waals surface area (Å²) in [5, 5.41) is 9.57. The fourth-order valence-electron chi connectivity index (χ4n) is 1.17. The third-order valence-electron chi connectivity index (χ3n) is 2.03. The van der Waals surface area contributed by atoms with E-state index in [9.17, 15) is 9.90 Å². The van der Waals surface area contributed by atoms with Crippen molar-refractivity contribution in [1.29, 1.82) is 0 Å². The molecule has 0 unspecified atom stereocenters. The number of hydrogen-bond acceptors (Lipinski definition) is 5. The smallest absolute Gasteiger partial charge is 0.327 e. The zero-order valence-electron chi connectivity index (χ0n) is 8.97. The zero-order chi connectivity index (χ0) is 11.4. The molecule has 1 aromatic rings. The number of halogens is 1. The molecular weight excluding hydrogens is 234 g/mol. The van der Waals surface area contributed by atoms with E-state index in [0.717, 1.165) is 0 Å². The van der Waals surface area contributed by atoms with Crippen LogP contribution in [0.1, 0.15) is 11.6 Å². The minimum absolute atomic E-state index is 0. The average Bonchev–Trinajstić information content (AvgIpc) is 2.26. The third-order valence-corrected chi connectivity index (χ3v) is 2.03. The van der Waals surface area contributed by atoms with Crippen LogP contribution in [0.2, 0.25) is 0 Å². The highest BCUT2D eigenvalue weighted by atomic mass is 35.5. The maximum Gasteiger partial charge on any atom is 0.327 e. The first kappa shape index (κ1) is 14.5. The molecule has 90 valence electrons. The number of methoxy groups -OCH3 is 2. The predicted molar refractivity (Wildman–Crippen MR) is 60.9 cm³/mol. The molecule has 0 fully saturated rings. The topological polar surface area (TPSA) is 81.8 Å². The van der Waals surface area contributed by atoms with Crippen LogP contribution in [0.3, 0.4) is 0 Å².